The van der Waals surface area contributed by atoms with Crippen LogP contribution in [-0.2, 0) is 0 Å². The Morgan fingerprint density at radius 2 is 2.33 bits per heavy atom. The summed E-state index contributed by atoms with van der Waals surface area (Å²) in [7, 11) is 0. The van der Waals surface area contributed by atoms with Crippen molar-refractivity contribution in [2.24, 2.45) is 0 Å². The second-order valence-electron chi connectivity index (χ2n) is 4.17. The topological polar surface area (TPSA) is 77.2 Å². The summed E-state index contributed by atoms with van der Waals surface area (Å²) in [5, 5.41) is 17.8. The van der Waals surface area contributed by atoms with Gasteiger partial charge in [-0.05, 0) is 25.0 Å². The van der Waals surface area contributed by atoms with E-state index in [4.69, 9.17) is 22.0 Å². The van der Waals surface area contributed by atoms with Crippen LogP contribution in [0.5, 0.6) is 0 Å². The van der Waals surface area contributed by atoms with Crippen molar-refractivity contribution in [2.45, 2.75) is 25.3 Å². The van der Waals surface area contributed by atoms with Crippen LogP contribution in [0.2, 0.25) is 5.15 Å². The lowest BCUT2D eigenvalue weighted by molar-refractivity contribution is 0.0697. The smallest absolute Gasteiger partial charge is 0.335 e. The number of hydrogen-bond acceptors (Lipinski definition) is 4. The molecule has 18 heavy (non-hydrogen) atoms. The first-order chi connectivity index (χ1) is 8.61. The van der Waals surface area contributed by atoms with Crippen LogP contribution < -0.4 is 4.90 Å². The number of nitriles is 1. The molecule has 0 aromatic carbocycles. The number of halogens is 1. The van der Waals surface area contributed by atoms with Crippen LogP contribution in [0.3, 0.4) is 0 Å². The first-order valence-electron chi connectivity index (χ1n) is 5.66. The maximum atomic E-state index is 11.0. The van der Waals surface area contributed by atoms with Crippen LogP contribution in [0.1, 0.15) is 29.6 Å². The summed E-state index contributed by atoms with van der Waals surface area (Å²) < 4.78 is 0. The number of nitrogens with zero attached hydrogens (tertiary/aromatic N) is 3. The van der Waals surface area contributed by atoms with E-state index in [-0.39, 0.29) is 10.7 Å². The highest BCUT2D eigenvalue weighted by molar-refractivity contribution is 6.29. The molecule has 0 spiro atoms. The molecule has 5 nitrogen and oxygen atoms in total. The number of pyridine rings is 1. The van der Waals surface area contributed by atoms with Crippen molar-refractivity contribution >= 4 is 23.4 Å². The molecule has 1 N–H and O–H groups in total. The summed E-state index contributed by atoms with van der Waals surface area (Å²) in [4.78, 5) is 17.1. The molecule has 1 aromatic heterocycles. The van der Waals surface area contributed by atoms with Crippen molar-refractivity contribution < 1.29 is 9.90 Å². The summed E-state index contributed by atoms with van der Waals surface area (Å²) in [6.07, 6.45) is 2.47. The van der Waals surface area contributed by atoms with Crippen molar-refractivity contribution in [1.82, 2.24) is 4.98 Å². The lowest BCUT2D eigenvalue weighted by atomic mass is 10.2. The molecule has 0 unspecified atom stereocenters. The zero-order valence-electron chi connectivity index (χ0n) is 9.64. The van der Waals surface area contributed by atoms with Gasteiger partial charge in [0.25, 0.3) is 0 Å². The van der Waals surface area contributed by atoms with E-state index < -0.39 is 5.97 Å². The summed E-state index contributed by atoms with van der Waals surface area (Å²) in [6, 6.07) is 5.26. The third-order valence-corrected chi connectivity index (χ3v) is 2.97. The van der Waals surface area contributed by atoms with Gasteiger partial charge in [0.05, 0.1) is 18.1 Å². The van der Waals surface area contributed by atoms with Crippen LogP contribution >= 0.6 is 11.6 Å². The summed E-state index contributed by atoms with van der Waals surface area (Å²) in [5.41, 5.74) is 0.118. The van der Waals surface area contributed by atoms with Crippen molar-refractivity contribution in [3.63, 3.8) is 0 Å². The van der Waals surface area contributed by atoms with Crippen molar-refractivity contribution in [1.29, 1.82) is 5.26 Å². The van der Waals surface area contributed by atoms with Gasteiger partial charge in [-0.15, -0.1) is 0 Å². The lowest BCUT2D eigenvalue weighted by Crippen LogP contribution is -2.27. The zero-order chi connectivity index (χ0) is 13.1. The number of anilines is 1. The largest absolute Gasteiger partial charge is 0.478 e. The van der Waals surface area contributed by atoms with E-state index in [0.29, 0.717) is 24.8 Å². The Morgan fingerprint density at radius 3 is 2.89 bits per heavy atom. The van der Waals surface area contributed by atoms with Crippen LogP contribution in [0, 0.1) is 11.3 Å². The van der Waals surface area contributed by atoms with E-state index >= 15 is 0 Å². The van der Waals surface area contributed by atoms with Crippen molar-refractivity contribution in [3.05, 3.63) is 22.8 Å². The lowest BCUT2D eigenvalue weighted by Gasteiger charge is -2.22. The molecule has 0 saturated heterocycles. The van der Waals surface area contributed by atoms with Gasteiger partial charge in [-0.2, -0.15) is 5.26 Å². The van der Waals surface area contributed by atoms with E-state index in [9.17, 15) is 4.79 Å². The first-order valence-corrected chi connectivity index (χ1v) is 6.04. The van der Waals surface area contributed by atoms with Gasteiger partial charge in [0, 0.05) is 12.6 Å². The molecule has 6 heteroatoms. The molecule has 0 aliphatic heterocycles. The van der Waals surface area contributed by atoms with Crippen LogP contribution in [-0.4, -0.2) is 28.6 Å². The fraction of sp³-hybridized carbons (Fsp3) is 0.417. The molecule has 1 saturated carbocycles. The number of rotatable bonds is 5. The van der Waals surface area contributed by atoms with Gasteiger partial charge in [-0.1, -0.05) is 11.6 Å². The highest BCUT2D eigenvalue weighted by Crippen LogP contribution is 2.31. The number of aromatic carboxylic acids is 1. The maximum absolute atomic E-state index is 11.0. The Kier molecular flexibility index (Phi) is 3.68. The second kappa shape index (κ2) is 5.23. The van der Waals surface area contributed by atoms with E-state index in [1.54, 1.807) is 0 Å². The fourth-order valence-corrected chi connectivity index (χ4v) is 2.00. The third kappa shape index (κ3) is 2.90. The number of hydrogen-bond donors (Lipinski definition) is 1. The Labute approximate surface area is 110 Å². The van der Waals surface area contributed by atoms with Gasteiger partial charge in [0.15, 0.2) is 0 Å². The average Bonchev–Trinajstić information content (AvgIpc) is 3.13. The van der Waals surface area contributed by atoms with E-state index in [1.165, 1.54) is 12.1 Å². The molecule has 1 aromatic rings. The summed E-state index contributed by atoms with van der Waals surface area (Å²) in [6.45, 7) is 0.549. The minimum absolute atomic E-state index is 0.118. The molecule has 1 fully saturated rings. The molecule has 0 radical (unpaired) electrons. The van der Waals surface area contributed by atoms with Gasteiger partial charge in [-0.3, -0.25) is 0 Å². The van der Waals surface area contributed by atoms with Gasteiger partial charge in [0.2, 0.25) is 0 Å². The van der Waals surface area contributed by atoms with Gasteiger partial charge in [-0.25, -0.2) is 9.78 Å². The monoisotopic (exact) mass is 265 g/mol. The molecular weight excluding hydrogens is 254 g/mol. The zero-order valence-corrected chi connectivity index (χ0v) is 10.4. The molecular formula is C12H12ClN3O2. The number of aromatic nitrogens is 1. The standard InChI is InChI=1S/C12H12ClN3O2/c13-10-6-8(12(17)18)7-11(15-10)16(5-1-4-14)9-2-3-9/h6-7,9H,1-3,5H2,(H,17,18). The molecule has 94 valence electrons. The molecule has 0 bridgehead atoms. The SMILES string of the molecule is N#CCCN(c1cc(C(=O)O)cc(Cl)n1)C1CC1. The maximum Gasteiger partial charge on any atom is 0.335 e. The second-order valence-corrected chi connectivity index (χ2v) is 4.56. The Bertz CT molecular complexity index is 509. The van der Waals surface area contributed by atoms with Crippen LogP contribution in [0.15, 0.2) is 12.1 Å². The highest BCUT2D eigenvalue weighted by Gasteiger charge is 2.30. The number of carbonyl (C=O) groups is 1. The quantitative estimate of drug-likeness (QED) is 0.827. The van der Waals surface area contributed by atoms with Crippen LogP contribution in [0.4, 0.5) is 5.82 Å². The van der Waals surface area contributed by atoms with Gasteiger partial charge >= 0.3 is 5.97 Å². The molecule has 1 aliphatic carbocycles. The predicted molar refractivity (Wildman–Crippen MR) is 66.8 cm³/mol. The first kappa shape index (κ1) is 12.7. The van der Waals surface area contributed by atoms with E-state index in [0.717, 1.165) is 12.8 Å². The highest BCUT2D eigenvalue weighted by atomic mass is 35.5. The van der Waals surface area contributed by atoms with E-state index in [1.807, 2.05) is 4.90 Å². The van der Waals surface area contributed by atoms with Crippen molar-refractivity contribution in [2.75, 3.05) is 11.4 Å². The van der Waals surface area contributed by atoms with Crippen LogP contribution in [0.25, 0.3) is 0 Å². The molecule has 0 atom stereocenters. The molecule has 2 rings (SSSR count). The molecule has 1 aliphatic rings. The van der Waals surface area contributed by atoms with E-state index in [2.05, 4.69) is 11.1 Å². The van der Waals surface area contributed by atoms with Crippen molar-refractivity contribution in [3.8, 4) is 6.07 Å². The Balaban J connectivity index is 2.29. The number of carboxylic acid groups (broad SMARTS) is 1. The van der Waals surface area contributed by atoms with Gasteiger partial charge in [0.1, 0.15) is 11.0 Å². The van der Waals surface area contributed by atoms with Gasteiger partial charge < -0.3 is 10.0 Å². The summed E-state index contributed by atoms with van der Waals surface area (Å²) in [5.74, 6) is -0.491. The average molecular weight is 266 g/mol. The molecule has 1 heterocycles. The molecule has 0 amide bonds. The summed E-state index contributed by atoms with van der Waals surface area (Å²) >= 11 is 5.83. The number of carboxylic acids is 1. The third-order valence-electron chi connectivity index (χ3n) is 2.77. The Morgan fingerprint density at radius 1 is 1.61 bits per heavy atom. The minimum Gasteiger partial charge on any atom is -0.478 e. The predicted octanol–water partition coefficient (Wildman–Crippen LogP) is 2.32. The minimum atomic E-state index is -1.03. The normalized spacial score (nSPS) is 14.0. The fourth-order valence-electron chi connectivity index (χ4n) is 1.79. The Hall–Kier alpha value is -1.80.